The maximum absolute atomic E-state index is 15.2. The molecule has 0 amide bonds. The average Bonchev–Trinajstić information content (AvgIpc) is 3.16. The molecule has 0 saturated carbocycles. The van der Waals surface area contributed by atoms with Crippen molar-refractivity contribution in [3.63, 3.8) is 0 Å². The molecule has 2 fully saturated rings. The van der Waals surface area contributed by atoms with Crippen LogP contribution >= 0.6 is 0 Å². The number of hydrogen-bond donors (Lipinski definition) is 3. The summed E-state index contributed by atoms with van der Waals surface area (Å²) in [5.41, 5.74) is 4.87. The van der Waals surface area contributed by atoms with E-state index in [1.54, 1.807) is 11.6 Å². The van der Waals surface area contributed by atoms with Crippen molar-refractivity contribution >= 4 is 18.4 Å². The predicted molar refractivity (Wildman–Crippen MR) is 161 cm³/mol. The zero-order valence-corrected chi connectivity index (χ0v) is 24.4. The molecule has 216 valence electrons. The molecular formula is C32H49FN4O2. The SMILES string of the molecule is C=C/C=c1\c(=C/C)c(CC(=C)/C=C\C(C=O)=C/C)c(C)n1CC1CCN(CC2(F)CCNCC2)CC1.CNO. The number of carbonyl (C=O) groups excluding carboxylic acids is 1. The van der Waals surface area contributed by atoms with E-state index in [0.717, 1.165) is 63.8 Å². The standard InChI is InChI=1S/C31H44FN3O.CH5NO/c1-6-9-30-28(8-3)29(20-24(4)10-11-26(7-2)22-36)25(5)35(30)21-27-12-18-34(19-13-27)23-31(32)14-16-33-17-15-31;1-2-3/h6-11,22,27,33H,1,4,12-21,23H2,2-3,5H3;2-3H,1H3/b11-10-,26-7+,28-8-,30-9+;. The number of aldehydes is 1. The first-order valence-electron chi connectivity index (χ1n) is 14.1. The lowest BCUT2D eigenvalue weighted by atomic mass is 9.91. The molecular weight excluding hydrogens is 491 g/mol. The summed E-state index contributed by atoms with van der Waals surface area (Å²) in [6.45, 7) is 19.4. The largest absolute Gasteiger partial charge is 0.344 e. The Labute approximate surface area is 234 Å². The van der Waals surface area contributed by atoms with E-state index in [0.29, 0.717) is 30.9 Å². The van der Waals surface area contributed by atoms with E-state index in [-0.39, 0.29) is 0 Å². The summed E-state index contributed by atoms with van der Waals surface area (Å²) < 4.78 is 17.6. The van der Waals surface area contributed by atoms with E-state index in [1.165, 1.54) is 28.9 Å². The van der Waals surface area contributed by atoms with Gasteiger partial charge >= 0.3 is 0 Å². The second kappa shape index (κ2) is 16.5. The Balaban J connectivity index is 0.00000170. The topological polar surface area (TPSA) is 69.5 Å². The number of alkyl halides is 1. The molecule has 6 nitrogen and oxygen atoms in total. The van der Waals surface area contributed by atoms with E-state index >= 15 is 4.39 Å². The highest BCUT2D eigenvalue weighted by molar-refractivity contribution is 5.77. The minimum absolute atomic E-state index is 0.568. The summed E-state index contributed by atoms with van der Waals surface area (Å²) >= 11 is 0. The van der Waals surface area contributed by atoms with Gasteiger partial charge < -0.3 is 20.0 Å². The van der Waals surface area contributed by atoms with Crippen LogP contribution in [0.2, 0.25) is 0 Å². The molecule has 0 bridgehead atoms. The highest BCUT2D eigenvalue weighted by atomic mass is 19.1. The fourth-order valence-electron chi connectivity index (χ4n) is 5.63. The molecule has 3 heterocycles. The molecule has 0 unspecified atom stereocenters. The van der Waals surface area contributed by atoms with Gasteiger partial charge in [0, 0.05) is 36.8 Å². The molecule has 2 aliphatic heterocycles. The number of hydroxylamine groups is 1. The van der Waals surface area contributed by atoms with Crippen LogP contribution < -0.4 is 21.4 Å². The lowest BCUT2D eigenvalue weighted by molar-refractivity contribution is -0.104. The number of nitrogens with zero attached hydrogens (tertiary/aromatic N) is 2. The molecule has 7 heteroatoms. The van der Waals surface area contributed by atoms with E-state index in [2.05, 4.69) is 53.9 Å². The summed E-state index contributed by atoms with van der Waals surface area (Å²) in [5, 5.41) is 13.0. The molecule has 3 rings (SSSR count). The molecule has 0 spiro atoms. The Morgan fingerprint density at radius 3 is 2.41 bits per heavy atom. The van der Waals surface area contributed by atoms with Gasteiger partial charge in [-0.1, -0.05) is 49.1 Å². The number of likely N-dealkylation sites (tertiary alicyclic amines) is 1. The maximum Gasteiger partial charge on any atom is 0.149 e. The fourth-order valence-corrected chi connectivity index (χ4v) is 5.63. The number of allylic oxidation sites excluding steroid dienone is 6. The van der Waals surface area contributed by atoms with Gasteiger partial charge in [0.05, 0.1) is 0 Å². The van der Waals surface area contributed by atoms with Crippen molar-refractivity contribution in [3.05, 3.63) is 70.4 Å². The molecule has 0 aliphatic carbocycles. The summed E-state index contributed by atoms with van der Waals surface area (Å²) in [5.74, 6) is 0.568. The Bertz CT molecular complexity index is 1130. The molecule has 1 aromatic rings. The normalized spacial score (nSPS) is 19.7. The van der Waals surface area contributed by atoms with E-state index in [9.17, 15) is 4.79 Å². The van der Waals surface area contributed by atoms with Crippen LogP contribution in [-0.2, 0) is 17.8 Å². The fraction of sp³-hybridized carbons (Fsp3) is 0.531. The lowest BCUT2D eigenvalue weighted by Gasteiger charge is -2.38. The quantitative estimate of drug-likeness (QED) is 0.183. The number of carbonyl (C=O) groups is 1. The van der Waals surface area contributed by atoms with Crippen molar-refractivity contribution in [1.29, 1.82) is 0 Å². The van der Waals surface area contributed by atoms with Crippen molar-refractivity contribution in [1.82, 2.24) is 20.3 Å². The second-order valence-corrected chi connectivity index (χ2v) is 10.6. The van der Waals surface area contributed by atoms with Crippen molar-refractivity contribution in [2.45, 2.75) is 65.1 Å². The summed E-state index contributed by atoms with van der Waals surface area (Å²) in [4.78, 5) is 13.5. The van der Waals surface area contributed by atoms with Gasteiger partial charge in [-0.2, -0.15) is 0 Å². The van der Waals surface area contributed by atoms with Crippen LogP contribution in [-0.4, -0.2) is 66.4 Å². The van der Waals surface area contributed by atoms with Gasteiger partial charge in [0.15, 0.2) is 0 Å². The summed E-state index contributed by atoms with van der Waals surface area (Å²) in [6, 6.07) is 0. The van der Waals surface area contributed by atoms with Crippen LogP contribution in [0.25, 0.3) is 12.2 Å². The first-order valence-corrected chi connectivity index (χ1v) is 14.1. The van der Waals surface area contributed by atoms with Crippen LogP contribution in [0.15, 0.2) is 48.6 Å². The predicted octanol–water partition coefficient (Wildman–Crippen LogP) is 3.76. The molecule has 2 saturated heterocycles. The van der Waals surface area contributed by atoms with Gasteiger partial charge in [-0.15, -0.1) is 0 Å². The Hall–Kier alpha value is -2.58. The van der Waals surface area contributed by atoms with Gasteiger partial charge in [0.25, 0.3) is 0 Å². The molecule has 0 atom stereocenters. The van der Waals surface area contributed by atoms with Crippen molar-refractivity contribution in [2.24, 2.45) is 5.92 Å². The molecule has 0 radical (unpaired) electrons. The molecule has 39 heavy (non-hydrogen) atoms. The number of aromatic nitrogens is 1. The van der Waals surface area contributed by atoms with Crippen molar-refractivity contribution in [3.8, 4) is 0 Å². The van der Waals surface area contributed by atoms with E-state index < -0.39 is 5.67 Å². The van der Waals surface area contributed by atoms with Gasteiger partial charge in [0.2, 0.25) is 0 Å². The van der Waals surface area contributed by atoms with Crippen LogP contribution in [0.5, 0.6) is 0 Å². The highest BCUT2D eigenvalue weighted by Crippen LogP contribution is 2.27. The molecule has 3 N–H and O–H groups in total. The number of halogens is 1. The minimum atomic E-state index is -1.03. The Morgan fingerprint density at radius 2 is 1.87 bits per heavy atom. The van der Waals surface area contributed by atoms with E-state index in [4.69, 9.17) is 5.21 Å². The Kier molecular flexibility index (Phi) is 13.8. The first kappa shape index (κ1) is 32.6. The van der Waals surface area contributed by atoms with Crippen LogP contribution in [0.4, 0.5) is 4.39 Å². The highest BCUT2D eigenvalue weighted by Gasteiger charge is 2.34. The minimum Gasteiger partial charge on any atom is -0.344 e. The van der Waals surface area contributed by atoms with Crippen LogP contribution in [0.3, 0.4) is 0 Å². The maximum atomic E-state index is 15.2. The number of piperidine rings is 2. The number of nitrogens with one attached hydrogen (secondary N) is 2. The summed E-state index contributed by atoms with van der Waals surface area (Å²) in [6.07, 6.45) is 16.7. The van der Waals surface area contributed by atoms with Gasteiger partial charge in [0.1, 0.15) is 12.0 Å². The zero-order valence-electron chi connectivity index (χ0n) is 24.4. The van der Waals surface area contributed by atoms with Gasteiger partial charge in [-0.25, -0.2) is 9.87 Å². The summed E-state index contributed by atoms with van der Waals surface area (Å²) in [7, 11) is 1.43. The third-order valence-corrected chi connectivity index (χ3v) is 7.84. The van der Waals surface area contributed by atoms with Gasteiger partial charge in [-0.3, -0.25) is 4.79 Å². The third kappa shape index (κ3) is 9.53. The number of hydrogen-bond acceptors (Lipinski definition) is 5. The van der Waals surface area contributed by atoms with Crippen LogP contribution in [0.1, 0.15) is 50.8 Å². The lowest BCUT2D eigenvalue weighted by Crippen LogP contribution is -2.49. The zero-order chi connectivity index (χ0) is 28.8. The van der Waals surface area contributed by atoms with Gasteiger partial charge in [-0.05, 0) is 102 Å². The molecule has 1 aromatic heterocycles. The van der Waals surface area contributed by atoms with Crippen LogP contribution in [0, 0.1) is 12.8 Å². The molecule has 2 aliphatic rings. The Morgan fingerprint density at radius 1 is 1.23 bits per heavy atom. The monoisotopic (exact) mass is 540 g/mol. The number of rotatable bonds is 10. The van der Waals surface area contributed by atoms with Crippen molar-refractivity contribution in [2.75, 3.05) is 39.8 Å². The first-order chi connectivity index (χ1) is 18.7. The third-order valence-electron chi connectivity index (χ3n) is 7.84. The molecule has 0 aromatic carbocycles. The second-order valence-electron chi connectivity index (χ2n) is 10.6. The average molecular weight is 541 g/mol. The smallest absolute Gasteiger partial charge is 0.149 e. The van der Waals surface area contributed by atoms with E-state index in [1.807, 2.05) is 25.2 Å². The van der Waals surface area contributed by atoms with Crippen molar-refractivity contribution < 1.29 is 14.4 Å².